The number of pyridine rings is 2. The van der Waals surface area contributed by atoms with Gasteiger partial charge >= 0.3 is 11.8 Å². The molecule has 0 fully saturated rings. The lowest BCUT2D eigenvalue weighted by Crippen LogP contribution is -2.32. The van der Waals surface area contributed by atoms with Gasteiger partial charge in [-0.15, -0.1) is 0 Å². The minimum Gasteiger partial charge on any atom is -0.481 e. The average Bonchev–Trinajstić information content (AvgIpc) is 3.16. The fraction of sp³-hybridized carbons (Fsp3) is 0.278. The molecule has 28 heavy (non-hydrogen) atoms. The van der Waals surface area contributed by atoms with Crippen molar-refractivity contribution in [3.8, 4) is 23.1 Å². The van der Waals surface area contributed by atoms with Crippen molar-refractivity contribution in [1.82, 2.24) is 19.5 Å². The smallest absolute Gasteiger partial charge is 0.414 e. The number of ether oxygens (including phenoxy) is 3. The molecule has 1 aliphatic rings. The Morgan fingerprint density at radius 2 is 2.25 bits per heavy atom. The average molecular weight is 383 g/mol. The molecule has 4 heterocycles. The maximum absolute atomic E-state index is 10.8. The number of hydrogen-bond acceptors (Lipinski definition) is 8. The van der Waals surface area contributed by atoms with E-state index in [1.54, 1.807) is 30.1 Å². The minimum atomic E-state index is -0.545. The van der Waals surface area contributed by atoms with Crippen LogP contribution >= 0.6 is 0 Å². The first-order valence-electron chi connectivity index (χ1n) is 8.53. The van der Waals surface area contributed by atoms with Gasteiger partial charge in [-0.1, -0.05) is 0 Å². The Labute approximate surface area is 159 Å². The fourth-order valence-electron chi connectivity index (χ4n) is 2.85. The number of imidazole rings is 1. The zero-order chi connectivity index (χ0) is 19.5. The van der Waals surface area contributed by atoms with E-state index in [-0.39, 0.29) is 24.5 Å². The molecule has 0 radical (unpaired) electrons. The molecule has 3 aromatic rings. The molecule has 0 amide bonds. The van der Waals surface area contributed by atoms with Gasteiger partial charge in [0.05, 0.1) is 26.0 Å². The van der Waals surface area contributed by atoms with Gasteiger partial charge in [0.2, 0.25) is 5.88 Å². The number of aromatic nitrogens is 4. The predicted molar refractivity (Wildman–Crippen MR) is 97.0 cm³/mol. The third kappa shape index (κ3) is 3.76. The minimum absolute atomic E-state index is 0.234. The first-order chi connectivity index (χ1) is 13.6. The molecular formula is C18H17N5O5. The first-order valence-corrected chi connectivity index (χ1v) is 8.53. The molecule has 0 unspecified atom stereocenters. The van der Waals surface area contributed by atoms with Crippen LogP contribution in [-0.4, -0.2) is 44.3 Å². The van der Waals surface area contributed by atoms with E-state index in [4.69, 9.17) is 14.2 Å². The lowest BCUT2D eigenvalue weighted by molar-refractivity contribution is -0.389. The van der Waals surface area contributed by atoms with Gasteiger partial charge in [0.1, 0.15) is 18.9 Å². The molecule has 0 aromatic carbocycles. The van der Waals surface area contributed by atoms with Gasteiger partial charge in [-0.25, -0.2) is 4.98 Å². The Morgan fingerprint density at radius 1 is 1.36 bits per heavy atom. The number of nitro groups is 1. The van der Waals surface area contributed by atoms with Crippen molar-refractivity contribution in [1.29, 1.82) is 0 Å². The molecule has 0 saturated heterocycles. The summed E-state index contributed by atoms with van der Waals surface area (Å²) in [6.45, 7) is 1.09. The Kier molecular flexibility index (Phi) is 4.85. The summed E-state index contributed by atoms with van der Waals surface area (Å²) in [5, 5.41) is 10.8. The lowest BCUT2D eigenvalue weighted by atomic mass is 10.1. The summed E-state index contributed by atoms with van der Waals surface area (Å²) < 4.78 is 18.0. The third-order valence-corrected chi connectivity index (χ3v) is 4.26. The van der Waals surface area contributed by atoms with E-state index in [2.05, 4.69) is 15.0 Å². The van der Waals surface area contributed by atoms with Crippen molar-refractivity contribution in [2.45, 2.75) is 19.3 Å². The molecule has 0 N–H and O–H groups in total. The Morgan fingerprint density at radius 3 is 3.00 bits per heavy atom. The lowest BCUT2D eigenvalue weighted by Gasteiger charge is -2.22. The Balaban J connectivity index is 1.40. The normalized spacial score (nSPS) is 15.5. The Hall–Kier alpha value is -3.53. The van der Waals surface area contributed by atoms with Crippen LogP contribution in [-0.2, 0) is 17.9 Å². The second-order valence-corrected chi connectivity index (χ2v) is 6.17. The van der Waals surface area contributed by atoms with Gasteiger partial charge in [-0.2, -0.15) is 0 Å². The summed E-state index contributed by atoms with van der Waals surface area (Å²) in [6.07, 6.45) is 4.54. The third-order valence-electron chi connectivity index (χ3n) is 4.26. The summed E-state index contributed by atoms with van der Waals surface area (Å²) in [7, 11) is 1.57. The highest BCUT2D eigenvalue weighted by atomic mass is 16.6. The molecule has 10 heteroatoms. The van der Waals surface area contributed by atoms with Crippen LogP contribution in [0.25, 0.3) is 11.3 Å². The van der Waals surface area contributed by atoms with Gasteiger partial charge in [0.25, 0.3) is 0 Å². The van der Waals surface area contributed by atoms with E-state index in [0.29, 0.717) is 19.0 Å². The second kappa shape index (κ2) is 7.61. The molecule has 4 rings (SSSR count). The number of fused-ring (bicyclic) bond motifs is 1. The van der Waals surface area contributed by atoms with E-state index >= 15 is 0 Å². The van der Waals surface area contributed by atoms with Crippen LogP contribution in [0.1, 0.15) is 5.56 Å². The molecule has 3 aromatic heterocycles. The number of rotatable bonds is 6. The fourth-order valence-corrected chi connectivity index (χ4v) is 2.85. The topological polar surface area (TPSA) is 114 Å². The summed E-state index contributed by atoms with van der Waals surface area (Å²) in [5.41, 5.74) is 2.60. The van der Waals surface area contributed by atoms with E-state index in [1.165, 1.54) is 6.20 Å². The highest BCUT2D eigenvalue weighted by Crippen LogP contribution is 2.23. The van der Waals surface area contributed by atoms with Crippen molar-refractivity contribution < 1.29 is 19.1 Å². The van der Waals surface area contributed by atoms with Gasteiger partial charge in [-0.3, -0.25) is 9.55 Å². The van der Waals surface area contributed by atoms with Crippen LogP contribution in [0.5, 0.6) is 11.9 Å². The molecule has 0 aliphatic carbocycles. The van der Waals surface area contributed by atoms with Crippen molar-refractivity contribution >= 4 is 5.82 Å². The predicted octanol–water partition coefficient (Wildman–Crippen LogP) is 2.23. The van der Waals surface area contributed by atoms with Crippen LogP contribution in [0, 0.1) is 10.1 Å². The van der Waals surface area contributed by atoms with Gasteiger partial charge in [-0.05, 0) is 28.7 Å². The quantitative estimate of drug-likeness (QED) is 0.470. The van der Waals surface area contributed by atoms with E-state index in [0.717, 1.165) is 16.8 Å². The standard InChI is InChI=1S/C18H17N5O5/c1-26-17-3-2-13(7-20-17)15-6-12(4-5-19-15)10-27-14-8-22-9-16(23(24)25)21-18(22)28-11-14/h2-7,9,14H,8,10-11H2,1H3/t14-/m0/s1. The van der Waals surface area contributed by atoms with Crippen LogP contribution in [0.3, 0.4) is 0 Å². The van der Waals surface area contributed by atoms with Crippen molar-refractivity contribution in [3.63, 3.8) is 0 Å². The second-order valence-electron chi connectivity index (χ2n) is 6.17. The van der Waals surface area contributed by atoms with Crippen molar-refractivity contribution in [2.24, 2.45) is 0 Å². The maximum atomic E-state index is 10.8. The van der Waals surface area contributed by atoms with E-state index in [9.17, 15) is 10.1 Å². The Bertz CT molecular complexity index is 988. The van der Waals surface area contributed by atoms with Crippen LogP contribution in [0.4, 0.5) is 5.82 Å². The van der Waals surface area contributed by atoms with E-state index < -0.39 is 4.92 Å². The highest BCUT2D eigenvalue weighted by Gasteiger charge is 2.28. The summed E-state index contributed by atoms with van der Waals surface area (Å²) in [4.78, 5) is 22.7. The SMILES string of the molecule is COc1ccc(-c2cc(CO[C@@H]3COc4nc([N+](=O)[O-])cn4C3)ccn2)cn1. The molecule has 1 aliphatic heterocycles. The van der Waals surface area contributed by atoms with Crippen LogP contribution < -0.4 is 9.47 Å². The monoisotopic (exact) mass is 383 g/mol. The number of hydrogen-bond donors (Lipinski definition) is 0. The molecule has 0 spiro atoms. The molecule has 1 atom stereocenters. The summed E-state index contributed by atoms with van der Waals surface area (Å²) >= 11 is 0. The molecule has 0 saturated carbocycles. The van der Waals surface area contributed by atoms with Crippen LogP contribution in [0.15, 0.2) is 42.9 Å². The molecular weight excluding hydrogens is 366 g/mol. The van der Waals surface area contributed by atoms with Gasteiger partial charge < -0.3 is 24.3 Å². The number of methoxy groups -OCH3 is 1. The number of nitrogens with zero attached hydrogens (tertiary/aromatic N) is 5. The first kappa shape index (κ1) is 17.9. The molecule has 0 bridgehead atoms. The van der Waals surface area contributed by atoms with Gasteiger partial charge in [0, 0.05) is 29.0 Å². The largest absolute Gasteiger partial charge is 0.481 e. The maximum Gasteiger partial charge on any atom is 0.414 e. The molecule has 144 valence electrons. The summed E-state index contributed by atoms with van der Waals surface area (Å²) in [5.74, 6) is 0.308. The highest BCUT2D eigenvalue weighted by molar-refractivity contribution is 5.58. The zero-order valence-corrected chi connectivity index (χ0v) is 15.0. The van der Waals surface area contributed by atoms with Gasteiger partial charge in [0.15, 0.2) is 0 Å². The van der Waals surface area contributed by atoms with Crippen LogP contribution in [0.2, 0.25) is 0 Å². The summed E-state index contributed by atoms with van der Waals surface area (Å²) in [6, 6.07) is 7.71. The van der Waals surface area contributed by atoms with Crippen molar-refractivity contribution in [3.05, 3.63) is 58.5 Å². The molecule has 10 nitrogen and oxygen atoms in total. The van der Waals surface area contributed by atoms with Crippen molar-refractivity contribution in [2.75, 3.05) is 13.7 Å². The van der Waals surface area contributed by atoms with E-state index in [1.807, 2.05) is 18.2 Å². The zero-order valence-electron chi connectivity index (χ0n) is 15.0.